The van der Waals surface area contributed by atoms with Crippen molar-refractivity contribution in [3.63, 3.8) is 0 Å². The Morgan fingerprint density at radius 3 is 2.07 bits per heavy atom. The first-order chi connectivity index (χ1) is 7.09. The Bertz CT molecular complexity index is 221. The van der Waals surface area contributed by atoms with E-state index in [0.717, 1.165) is 32.1 Å². The molecule has 0 aliphatic rings. The van der Waals surface area contributed by atoms with Gasteiger partial charge in [-0.15, -0.1) is 0 Å². The van der Waals surface area contributed by atoms with E-state index in [0.29, 0.717) is 6.42 Å². The number of carboxylic acid groups (broad SMARTS) is 1. The summed E-state index contributed by atoms with van der Waals surface area (Å²) >= 11 is 0. The van der Waals surface area contributed by atoms with Crippen LogP contribution in [0.25, 0.3) is 0 Å². The summed E-state index contributed by atoms with van der Waals surface area (Å²) in [5.41, 5.74) is -0.731. The Morgan fingerprint density at radius 1 is 1.07 bits per heavy atom. The fourth-order valence-electron chi connectivity index (χ4n) is 1.36. The summed E-state index contributed by atoms with van der Waals surface area (Å²) in [5.74, 6) is -1.50. The van der Waals surface area contributed by atoms with Crippen molar-refractivity contribution in [2.45, 2.75) is 51.9 Å². The molecule has 0 aromatic rings. The third-order valence-corrected chi connectivity index (χ3v) is 2.27. The first-order valence-electron chi connectivity index (χ1n) is 5.37. The maximum absolute atomic E-state index is 12.1. The van der Waals surface area contributed by atoms with Crippen LogP contribution in [0.15, 0.2) is 11.7 Å². The molecule has 2 nitrogen and oxygen atoms in total. The zero-order valence-corrected chi connectivity index (χ0v) is 9.06. The molecule has 15 heavy (non-hydrogen) atoms. The number of rotatable bonds is 8. The molecule has 0 amide bonds. The van der Waals surface area contributed by atoms with Gasteiger partial charge < -0.3 is 5.11 Å². The standard InChI is InChI=1S/C11H18F2O2/c1-2-3-4-5-6-7-8-9(10(12)13)11(14)15/h2-8H2,1H3,(H,14,15). The average molecular weight is 220 g/mol. The molecule has 0 saturated heterocycles. The second-order valence-corrected chi connectivity index (χ2v) is 3.56. The van der Waals surface area contributed by atoms with Crippen molar-refractivity contribution in [3.8, 4) is 0 Å². The molecule has 0 rings (SSSR count). The summed E-state index contributed by atoms with van der Waals surface area (Å²) in [6.45, 7) is 2.10. The molecule has 4 heteroatoms. The van der Waals surface area contributed by atoms with Crippen LogP contribution in [0, 0.1) is 0 Å². The van der Waals surface area contributed by atoms with Gasteiger partial charge in [0.05, 0.1) is 0 Å². The lowest BCUT2D eigenvalue weighted by atomic mass is 10.1. The van der Waals surface area contributed by atoms with Crippen LogP contribution in [0.5, 0.6) is 0 Å². The van der Waals surface area contributed by atoms with Crippen LogP contribution >= 0.6 is 0 Å². The lowest BCUT2D eigenvalue weighted by Gasteiger charge is -2.01. The molecular formula is C11H18F2O2. The highest BCUT2D eigenvalue weighted by Gasteiger charge is 2.13. The number of unbranched alkanes of at least 4 members (excludes halogenated alkanes) is 5. The monoisotopic (exact) mass is 220 g/mol. The summed E-state index contributed by atoms with van der Waals surface area (Å²) < 4.78 is 24.2. The zero-order chi connectivity index (χ0) is 11.7. The highest BCUT2D eigenvalue weighted by Crippen LogP contribution is 2.17. The molecule has 0 heterocycles. The topological polar surface area (TPSA) is 37.3 Å². The summed E-state index contributed by atoms with van der Waals surface area (Å²) in [6.07, 6.45) is 3.65. The summed E-state index contributed by atoms with van der Waals surface area (Å²) in [6, 6.07) is 0. The predicted molar refractivity (Wildman–Crippen MR) is 54.9 cm³/mol. The Balaban J connectivity index is 3.66. The molecule has 0 aromatic carbocycles. The predicted octanol–water partition coefficient (Wildman–Crippen LogP) is 3.97. The molecular weight excluding hydrogens is 202 g/mol. The summed E-state index contributed by atoms with van der Waals surface area (Å²) in [4.78, 5) is 10.4. The van der Waals surface area contributed by atoms with Crippen LogP contribution in [-0.2, 0) is 4.79 Å². The maximum Gasteiger partial charge on any atom is 0.337 e. The first-order valence-corrected chi connectivity index (χ1v) is 5.37. The molecule has 0 aliphatic heterocycles. The van der Waals surface area contributed by atoms with Gasteiger partial charge in [-0.25, -0.2) is 4.79 Å². The molecule has 0 radical (unpaired) electrons. The van der Waals surface area contributed by atoms with Gasteiger partial charge in [-0.3, -0.25) is 0 Å². The fourth-order valence-corrected chi connectivity index (χ4v) is 1.36. The van der Waals surface area contributed by atoms with Gasteiger partial charge in [-0.2, -0.15) is 8.78 Å². The van der Waals surface area contributed by atoms with Crippen molar-refractivity contribution in [3.05, 3.63) is 11.7 Å². The van der Waals surface area contributed by atoms with E-state index in [-0.39, 0.29) is 6.42 Å². The Labute approximate surface area is 89.0 Å². The molecule has 0 spiro atoms. The van der Waals surface area contributed by atoms with Gasteiger partial charge in [0.25, 0.3) is 6.08 Å². The van der Waals surface area contributed by atoms with Crippen molar-refractivity contribution in [1.29, 1.82) is 0 Å². The highest BCUT2D eigenvalue weighted by molar-refractivity contribution is 5.86. The summed E-state index contributed by atoms with van der Waals surface area (Å²) in [7, 11) is 0. The lowest BCUT2D eigenvalue weighted by Crippen LogP contribution is -2.01. The van der Waals surface area contributed by atoms with Crippen LogP contribution in [0.2, 0.25) is 0 Å². The number of halogens is 2. The van der Waals surface area contributed by atoms with E-state index in [4.69, 9.17) is 5.11 Å². The normalized spacial score (nSPS) is 10.1. The number of hydrogen-bond donors (Lipinski definition) is 1. The highest BCUT2D eigenvalue weighted by atomic mass is 19.3. The minimum absolute atomic E-state index is 0.0240. The van der Waals surface area contributed by atoms with E-state index < -0.39 is 17.6 Å². The first kappa shape index (κ1) is 14.1. The molecule has 1 N–H and O–H groups in total. The van der Waals surface area contributed by atoms with Gasteiger partial charge in [-0.1, -0.05) is 39.0 Å². The minimum atomic E-state index is -2.06. The molecule has 88 valence electrons. The second kappa shape index (κ2) is 8.38. The van der Waals surface area contributed by atoms with E-state index in [2.05, 4.69) is 6.92 Å². The molecule has 0 aromatic heterocycles. The van der Waals surface area contributed by atoms with Gasteiger partial charge in [0.1, 0.15) is 5.57 Å². The van der Waals surface area contributed by atoms with E-state index in [1.54, 1.807) is 0 Å². The number of hydrogen-bond acceptors (Lipinski definition) is 1. The fraction of sp³-hybridized carbons (Fsp3) is 0.727. The van der Waals surface area contributed by atoms with Crippen molar-refractivity contribution in [1.82, 2.24) is 0 Å². The second-order valence-electron chi connectivity index (χ2n) is 3.56. The largest absolute Gasteiger partial charge is 0.478 e. The number of carboxylic acids is 1. The van der Waals surface area contributed by atoms with Gasteiger partial charge in [0.2, 0.25) is 0 Å². The van der Waals surface area contributed by atoms with Crippen molar-refractivity contribution >= 4 is 5.97 Å². The quantitative estimate of drug-likeness (QED) is 0.496. The van der Waals surface area contributed by atoms with Gasteiger partial charge >= 0.3 is 5.97 Å². The Morgan fingerprint density at radius 2 is 1.60 bits per heavy atom. The SMILES string of the molecule is CCCCCCCCC(C(=O)O)=C(F)F. The molecule has 0 unspecified atom stereocenters. The summed E-state index contributed by atoms with van der Waals surface area (Å²) in [5, 5.41) is 8.45. The number of carbonyl (C=O) groups is 1. The van der Waals surface area contributed by atoms with Gasteiger partial charge in [0, 0.05) is 0 Å². The molecule has 0 atom stereocenters. The van der Waals surface area contributed by atoms with Crippen LogP contribution in [0.1, 0.15) is 51.9 Å². The lowest BCUT2D eigenvalue weighted by molar-refractivity contribution is -0.133. The Hall–Kier alpha value is -0.930. The third-order valence-electron chi connectivity index (χ3n) is 2.27. The van der Waals surface area contributed by atoms with Gasteiger partial charge in [0.15, 0.2) is 0 Å². The molecule has 0 aliphatic carbocycles. The van der Waals surface area contributed by atoms with E-state index in [1.807, 2.05) is 0 Å². The number of aliphatic carboxylic acids is 1. The van der Waals surface area contributed by atoms with Crippen LogP contribution in [-0.4, -0.2) is 11.1 Å². The molecule has 0 fully saturated rings. The van der Waals surface area contributed by atoms with Crippen LogP contribution in [0.3, 0.4) is 0 Å². The van der Waals surface area contributed by atoms with E-state index >= 15 is 0 Å². The van der Waals surface area contributed by atoms with Crippen molar-refractivity contribution in [2.24, 2.45) is 0 Å². The third kappa shape index (κ3) is 7.05. The van der Waals surface area contributed by atoms with E-state index in [1.165, 1.54) is 0 Å². The van der Waals surface area contributed by atoms with E-state index in [9.17, 15) is 13.6 Å². The Kier molecular flexibility index (Phi) is 7.86. The zero-order valence-electron chi connectivity index (χ0n) is 9.06. The molecule has 0 bridgehead atoms. The van der Waals surface area contributed by atoms with Crippen LogP contribution < -0.4 is 0 Å². The van der Waals surface area contributed by atoms with Crippen molar-refractivity contribution in [2.75, 3.05) is 0 Å². The van der Waals surface area contributed by atoms with Crippen LogP contribution in [0.4, 0.5) is 8.78 Å². The van der Waals surface area contributed by atoms with Gasteiger partial charge in [-0.05, 0) is 12.8 Å². The minimum Gasteiger partial charge on any atom is -0.478 e. The van der Waals surface area contributed by atoms with Crippen molar-refractivity contribution < 1.29 is 18.7 Å². The molecule has 0 saturated carbocycles. The average Bonchev–Trinajstić information content (AvgIpc) is 2.15. The smallest absolute Gasteiger partial charge is 0.337 e. The maximum atomic E-state index is 12.1.